The quantitative estimate of drug-likeness (QED) is 0.641. The molecule has 3 aromatic rings. The first-order valence-corrected chi connectivity index (χ1v) is 10.1. The number of hydrogen-bond acceptors (Lipinski definition) is 6. The summed E-state index contributed by atoms with van der Waals surface area (Å²) < 4.78 is 5.84. The molecule has 0 spiro atoms. The molecule has 1 saturated heterocycles. The predicted molar refractivity (Wildman–Crippen MR) is 103 cm³/mol. The first-order chi connectivity index (χ1) is 12.8. The summed E-state index contributed by atoms with van der Waals surface area (Å²) in [7, 11) is 0. The van der Waals surface area contributed by atoms with Crippen molar-refractivity contribution in [2.75, 3.05) is 32.7 Å². The molecule has 1 aromatic carbocycles. The van der Waals surface area contributed by atoms with Gasteiger partial charge in [0.25, 0.3) is 0 Å². The molecule has 6 heteroatoms. The average molecular weight is 369 g/mol. The highest BCUT2D eigenvalue weighted by Gasteiger charge is 2.19. The zero-order valence-corrected chi connectivity index (χ0v) is 15.7. The molecule has 0 unspecified atom stereocenters. The van der Waals surface area contributed by atoms with Crippen molar-refractivity contribution in [2.24, 2.45) is 0 Å². The molecule has 0 bridgehead atoms. The summed E-state index contributed by atoms with van der Waals surface area (Å²) in [6.45, 7) is 6.23. The summed E-state index contributed by atoms with van der Waals surface area (Å²) in [6.07, 6.45) is 1.86. The highest BCUT2D eigenvalue weighted by Crippen LogP contribution is 2.13. The van der Waals surface area contributed by atoms with Gasteiger partial charge in [-0.3, -0.25) is 4.90 Å². The lowest BCUT2D eigenvalue weighted by molar-refractivity contribution is 0.120. The topological polar surface area (TPSA) is 45.4 Å². The average Bonchev–Trinajstić information content (AvgIpc) is 3.34. The third-order valence-electron chi connectivity index (χ3n) is 4.79. The van der Waals surface area contributed by atoms with E-state index in [4.69, 9.17) is 4.42 Å². The highest BCUT2D eigenvalue weighted by atomic mass is 32.1. The summed E-state index contributed by atoms with van der Waals surface area (Å²) >= 11 is 1.85. The first-order valence-electron chi connectivity index (χ1n) is 9.17. The largest absolute Gasteiger partial charge is 0.424 e. The Kier molecular flexibility index (Phi) is 5.74. The maximum absolute atomic E-state index is 5.84. The molecule has 0 saturated carbocycles. The lowest BCUT2D eigenvalue weighted by Gasteiger charge is -2.33. The van der Waals surface area contributed by atoms with E-state index < -0.39 is 0 Å². The molecule has 136 valence electrons. The molecule has 2 aromatic heterocycles. The van der Waals surface area contributed by atoms with Crippen LogP contribution in [0.5, 0.6) is 0 Å². The zero-order valence-electron chi connectivity index (χ0n) is 14.9. The van der Waals surface area contributed by atoms with Crippen LogP contribution in [-0.2, 0) is 19.4 Å². The van der Waals surface area contributed by atoms with E-state index in [1.165, 1.54) is 10.4 Å². The normalized spacial score (nSPS) is 16.2. The van der Waals surface area contributed by atoms with Crippen LogP contribution < -0.4 is 0 Å². The Morgan fingerprint density at radius 2 is 1.65 bits per heavy atom. The summed E-state index contributed by atoms with van der Waals surface area (Å²) in [5, 5.41) is 10.6. The smallest absolute Gasteiger partial charge is 0.230 e. The minimum atomic E-state index is 0.695. The Labute approximate surface area is 158 Å². The molecule has 0 aliphatic carbocycles. The molecule has 1 fully saturated rings. The number of nitrogens with zero attached hydrogens (tertiary/aromatic N) is 4. The van der Waals surface area contributed by atoms with Gasteiger partial charge in [0.05, 0.1) is 13.0 Å². The molecule has 1 aliphatic rings. The monoisotopic (exact) mass is 368 g/mol. The fourth-order valence-electron chi connectivity index (χ4n) is 3.28. The summed E-state index contributed by atoms with van der Waals surface area (Å²) in [5.41, 5.74) is 1.20. The van der Waals surface area contributed by atoms with Gasteiger partial charge in [-0.1, -0.05) is 36.4 Å². The fourth-order valence-corrected chi connectivity index (χ4v) is 3.98. The summed E-state index contributed by atoms with van der Waals surface area (Å²) in [5.74, 6) is 1.42. The van der Waals surface area contributed by atoms with Gasteiger partial charge < -0.3 is 9.32 Å². The van der Waals surface area contributed by atoms with E-state index in [0.717, 1.165) is 51.6 Å². The maximum Gasteiger partial charge on any atom is 0.230 e. The van der Waals surface area contributed by atoms with Crippen molar-refractivity contribution in [3.05, 3.63) is 70.1 Å². The third-order valence-corrected chi connectivity index (χ3v) is 5.72. The second kappa shape index (κ2) is 8.58. The van der Waals surface area contributed by atoms with Gasteiger partial charge in [-0.25, -0.2) is 0 Å². The maximum atomic E-state index is 5.84. The summed E-state index contributed by atoms with van der Waals surface area (Å²) in [6, 6.07) is 14.6. The molecule has 0 radical (unpaired) electrons. The molecule has 26 heavy (non-hydrogen) atoms. The van der Waals surface area contributed by atoms with Gasteiger partial charge in [0.2, 0.25) is 11.8 Å². The van der Waals surface area contributed by atoms with Crippen LogP contribution >= 0.6 is 11.3 Å². The van der Waals surface area contributed by atoms with Gasteiger partial charge in [0.15, 0.2) is 0 Å². The molecule has 0 amide bonds. The molecular formula is C20H24N4OS. The minimum absolute atomic E-state index is 0.695. The van der Waals surface area contributed by atoms with Gasteiger partial charge in [0, 0.05) is 37.6 Å². The van der Waals surface area contributed by atoms with Crippen molar-refractivity contribution < 1.29 is 4.42 Å². The third kappa shape index (κ3) is 4.78. The van der Waals surface area contributed by atoms with E-state index in [0.29, 0.717) is 12.3 Å². The van der Waals surface area contributed by atoms with Crippen molar-refractivity contribution in [1.82, 2.24) is 20.0 Å². The lowest BCUT2D eigenvalue weighted by atomic mass is 10.2. The zero-order chi connectivity index (χ0) is 17.6. The summed E-state index contributed by atoms with van der Waals surface area (Å²) in [4.78, 5) is 6.43. The number of rotatable bonds is 7. The van der Waals surface area contributed by atoms with Crippen LogP contribution in [0.25, 0.3) is 0 Å². The molecule has 1 aliphatic heterocycles. The Morgan fingerprint density at radius 3 is 2.42 bits per heavy atom. The highest BCUT2D eigenvalue weighted by molar-refractivity contribution is 7.09. The van der Waals surface area contributed by atoms with E-state index in [9.17, 15) is 0 Å². The van der Waals surface area contributed by atoms with E-state index in [2.05, 4.69) is 49.6 Å². The SMILES string of the molecule is c1ccc(Cc2nnc(CN3CCN(CCc4cccs4)CC3)o2)cc1. The number of thiophene rings is 1. The second-order valence-electron chi connectivity index (χ2n) is 6.70. The van der Waals surface area contributed by atoms with Gasteiger partial charge in [-0.15, -0.1) is 21.5 Å². The number of hydrogen-bond donors (Lipinski definition) is 0. The van der Waals surface area contributed by atoms with Crippen LogP contribution in [0.1, 0.15) is 22.2 Å². The van der Waals surface area contributed by atoms with Crippen LogP contribution in [0.4, 0.5) is 0 Å². The molecule has 3 heterocycles. The van der Waals surface area contributed by atoms with Gasteiger partial charge in [-0.05, 0) is 23.4 Å². The van der Waals surface area contributed by atoms with Gasteiger partial charge in [0.1, 0.15) is 0 Å². The molecule has 5 nitrogen and oxygen atoms in total. The van der Waals surface area contributed by atoms with E-state index in [1.54, 1.807) is 0 Å². The number of aromatic nitrogens is 2. The van der Waals surface area contributed by atoms with Crippen LogP contribution in [0.2, 0.25) is 0 Å². The van der Waals surface area contributed by atoms with Crippen molar-refractivity contribution >= 4 is 11.3 Å². The molecule has 4 rings (SSSR count). The minimum Gasteiger partial charge on any atom is -0.424 e. The number of benzene rings is 1. The van der Waals surface area contributed by atoms with Crippen LogP contribution in [0.15, 0.2) is 52.3 Å². The standard InChI is InChI=1S/C20H24N4OS/c1-2-5-17(6-3-1)15-19-21-22-20(25-19)16-24-12-10-23(11-13-24)9-8-18-7-4-14-26-18/h1-7,14H,8-13,15-16H2. The van der Waals surface area contributed by atoms with Crippen molar-refractivity contribution in [2.45, 2.75) is 19.4 Å². The molecular weight excluding hydrogens is 344 g/mol. The first kappa shape index (κ1) is 17.4. The van der Waals surface area contributed by atoms with Crippen LogP contribution in [0, 0.1) is 0 Å². The van der Waals surface area contributed by atoms with Crippen LogP contribution in [0.3, 0.4) is 0 Å². The Morgan fingerprint density at radius 1 is 0.885 bits per heavy atom. The predicted octanol–water partition coefficient (Wildman–Crippen LogP) is 3.08. The van der Waals surface area contributed by atoms with Gasteiger partial charge >= 0.3 is 0 Å². The Hall–Kier alpha value is -2.02. The molecule has 0 N–H and O–H groups in total. The van der Waals surface area contributed by atoms with Crippen molar-refractivity contribution in [3.63, 3.8) is 0 Å². The van der Waals surface area contributed by atoms with Crippen molar-refractivity contribution in [3.8, 4) is 0 Å². The van der Waals surface area contributed by atoms with E-state index in [-0.39, 0.29) is 0 Å². The van der Waals surface area contributed by atoms with Gasteiger partial charge in [-0.2, -0.15) is 0 Å². The van der Waals surface area contributed by atoms with Crippen LogP contribution in [-0.4, -0.2) is 52.7 Å². The van der Waals surface area contributed by atoms with E-state index >= 15 is 0 Å². The second-order valence-corrected chi connectivity index (χ2v) is 7.73. The molecule has 0 atom stereocenters. The fraction of sp³-hybridized carbons (Fsp3) is 0.400. The van der Waals surface area contributed by atoms with E-state index in [1.807, 2.05) is 29.5 Å². The Bertz CT molecular complexity index is 779. The van der Waals surface area contributed by atoms with Crippen molar-refractivity contribution in [1.29, 1.82) is 0 Å². The number of piperazine rings is 1. The Balaban J connectivity index is 1.22. The lowest BCUT2D eigenvalue weighted by Crippen LogP contribution is -2.46.